The maximum Gasteiger partial charge on any atom is 0.490 e. The van der Waals surface area contributed by atoms with Crippen molar-refractivity contribution in [1.82, 2.24) is 20.0 Å². The first kappa shape index (κ1) is 55.9. The highest BCUT2D eigenvalue weighted by molar-refractivity contribution is 6.11. The van der Waals surface area contributed by atoms with Crippen LogP contribution in [0.5, 0.6) is 0 Å². The van der Waals surface area contributed by atoms with Gasteiger partial charge in [-0.15, -0.1) is 0 Å². The topological polar surface area (TPSA) is 160 Å². The maximum atomic E-state index is 14.5. The van der Waals surface area contributed by atoms with E-state index in [-0.39, 0.29) is 50.6 Å². The molecule has 0 saturated carbocycles. The SMILES string of the molecule is CC(C)(C)OC(=O)N1CC2(C1)C(=O)N(c1ccc(F)cc1F)CC(=O)N2Cc1ccc(C(F)(F)F)cc1.O=C(O)C(F)(F)F.O=C1CN(c2ccc(F)cc2F)C(=O)C2(CNC2)N1Cc1ccc(C(F)(F)F)cc1. The zero-order valence-electron chi connectivity index (χ0n) is 38.7. The number of carbonyl (C=O) groups is 6. The molecule has 4 aromatic rings. The third kappa shape index (κ3) is 12.0. The van der Waals surface area contributed by atoms with Gasteiger partial charge in [0.1, 0.15) is 47.5 Å². The summed E-state index contributed by atoms with van der Waals surface area (Å²) in [4.78, 5) is 80.1. The molecule has 4 aromatic carbocycles. The quantitative estimate of drug-likeness (QED) is 0.185. The summed E-state index contributed by atoms with van der Waals surface area (Å²) in [6.45, 7) is 3.37. The van der Waals surface area contributed by atoms with Crippen LogP contribution in [-0.2, 0) is 54.2 Å². The van der Waals surface area contributed by atoms with Gasteiger partial charge in [-0.05, 0) is 80.4 Å². The van der Waals surface area contributed by atoms with Crippen LogP contribution in [0, 0.1) is 23.3 Å². The first-order valence-corrected chi connectivity index (χ1v) is 21.6. The Kier molecular flexibility index (Phi) is 15.4. The predicted molar refractivity (Wildman–Crippen MR) is 231 cm³/mol. The molecular formula is C47H41F13N6O8. The molecule has 4 saturated heterocycles. The molecule has 0 aromatic heterocycles. The van der Waals surface area contributed by atoms with E-state index in [2.05, 4.69) is 5.32 Å². The molecule has 27 heteroatoms. The van der Waals surface area contributed by atoms with Gasteiger partial charge in [-0.2, -0.15) is 39.5 Å². The van der Waals surface area contributed by atoms with Crippen molar-refractivity contribution >= 4 is 47.1 Å². The molecule has 4 aliphatic heterocycles. The first-order chi connectivity index (χ1) is 34.2. The highest BCUT2D eigenvalue weighted by atomic mass is 19.4. The molecule has 0 bridgehead atoms. The number of nitrogens with zero attached hydrogens (tertiary/aromatic N) is 5. The van der Waals surface area contributed by atoms with Crippen LogP contribution in [-0.4, -0.2) is 118 Å². The maximum absolute atomic E-state index is 14.5. The number of aliphatic carboxylic acids is 1. The molecule has 0 aliphatic carbocycles. The van der Waals surface area contributed by atoms with Gasteiger partial charge >= 0.3 is 30.6 Å². The van der Waals surface area contributed by atoms with Crippen LogP contribution >= 0.6 is 0 Å². The summed E-state index contributed by atoms with van der Waals surface area (Å²) >= 11 is 0. The number of ether oxygens (including phenoxy) is 1. The smallest absolute Gasteiger partial charge is 0.475 e. The molecule has 0 unspecified atom stereocenters. The third-order valence-electron chi connectivity index (χ3n) is 11.8. The summed E-state index contributed by atoms with van der Waals surface area (Å²) < 4.78 is 170. The number of hydrogen-bond donors (Lipinski definition) is 2. The van der Waals surface area contributed by atoms with Crippen molar-refractivity contribution < 1.29 is 95.7 Å². The molecule has 0 atom stereocenters. The third-order valence-corrected chi connectivity index (χ3v) is 11.8. The van der Waals surface area contributed by atoms with Gasteiger partial charge in [-0.25, -0.2) is 27.2 Å². The van der Waals surface area contributed by atoms with Crippen molar-refractivity contribution in [2.75, 3.05) is 49.1 Å². The highest BCUT2D eigenvalue weighted by Crippen LogP contribution is 2.40. The van der Waals surface area contributed by atoms with Gasteiger partial charge in [-0.1, -0.05) is 24.3 Å². The summed E-state index contributed by atoms with van der Waals surface area (Å²) in [5.41, 5.74) is -5.15. The zero-order valence-corrected chi connectivity index (χ0v) is 38.7. The number of carboxylic acid groups (broad SMARTS) is 1. The van der Waals surface area contributed by atoms with E-state index >= 15 is 0 Å². The molecular weight excluding hydrogens is 1020 g/mol. The van der Waals surface area contributed by atoms with E-state index in [0.29, 0.717) is 23.3 Å². The van der Waals surface area contributed by atoms with E-state index in [1.807, 2.05) is 0 Å². The summed E-state index contributed by atoms with van der Waals surface area (Å²) in [6, 6.07) is 13.8. The molecule has 398 valence electrons. The van der Waals surface area contributed by atoms with Crippen LogP contribution in [0.25, 0.3) is 0 Å². The van der Waals surface area contributed by atoms with Gasteiger partial charge in [0.2, 0.25) is 11.8 Å². The van der Waals surface area contributed by atoms with Crippen molar-refractivity contribution in [3.05, 3.63) is 130 Å². The Morgan fingerprint density at radius 3 is 1.27 bits per heavy atom. The van der Waals surface area contributed by atoms with Crippen LogP contribution in [0.3, 0.4) is 0 Å². The number of nitrogens with one attached hydrogen (secondary N) is 1. The number of piperazine rings is 2. The average Bonchev–Trinajstić information content (AvgIpc) is 3.24. The molecule has 5 amide bonds. The Labute approximate surface area is 410 Å². The van der Waals surface area contributed by atoms with E-state index in [4.69, 9.17) is 14.6 Å². The number of alkyl halides is 9. The minimum absolute atomic E-state index is 0.0653. The molecule has 4 heterocycles. The van der Waals surface area contributed by atoms with Gasteiger partial charge < -0.3 is 29.9 Å². The fourth-order valence-corrected chi connectivity index (χ4v) is 8.08. The van der Waals surface area contributed by atoms with Gasteiger partial charge in [-0.3, -0.25) is 29.0 Å². The predicted octanol–water partition coefficient (Wildman–Crippen LogP) is 7.68. The van der Waals surface area contributed by atoms with E-state index in [1.165, 1.54) is 39.0 Å². The van der Waals surface area contributed by atoms with Crippen molar-refractivity contribution in [3.63, 3.8) is 0 Å². The molecule has 74 heavy (non-hydrogen) atoms. The number of rotatable bonds is 6. The van der Waals surface area contributed by atoms with Gasteiger partial charge in [0.05, 0.1) is 35.6 Å². The van der Waals surface area contributed by atoms with E-state index < -0.39 is 118 Å². The second kappa shape index (κ2) is 20.5. The molecule has 2 N–H and O–H groups in total. The lowest BCUT2D eigenvalue weighted by Gasteiger charge is -2.57. The van der Waals surface area contributed by atoms with Crippen molar-refractivity contribution in [3.8, 4) is 0 Å². The number of anilines is 2. The minimum Gasteiger partial charge on any atom is -0.475 e. The number of halogens is 13. The van der Waals surface area contributed by atoms with Crippen molar-refractivity contribution in [1.29, 1.82) is 0 Å². The average molecular weight is 1060 g/mol. The number of hydrogen-bond acceptors (Lipinski definition) is 8. The number of benzene rings is 4. The van der Waals surface area contributed by atoms with Gasteiger partial charge in [0.15, 0.2) is 5.54 Å². The first-order valence-electron chi connectivity index (χ1n) is 21.6. The number of carbonyl (C=O) groups excluding carboxylic acids is 5. The molecule has 8 rings (SSSR count). The Morgan fingerprint density at radius 2 is 0.959 bits per heavy atom. The number of carboxylic acids is 1. The molecule has 14 nitrogen and oxygen atoms in total. The van der Waals surface area contributed by atoms with E-state index in [1.54, 1.807) is 20.8 Å². The van der Waals surface area contributed by atoms with Gasteiger partial charge in [0, 0.05) is 38.3 Å². The molecule has 4 aliphatic rings. The van der Waals surface area contributed by atoms with Crippen LogP contribution in [0.15, 0.2) is 84.9 Å². The second-order valence-corrected chi connectivity index (χ2v) is 18.1. The van der Waals surface area contributed by atoms with Crippen LogP contribution < -0.4 is 15.1 Å². The zero-order chi connectivity index (χ0) is 55.1. The summed E-state index contributed by atoms with van der Waals surface area (Å²) in [5, 5.41) is 10.0. The Balaban J connectivity index is 0.000000217. The summed E-state index contributed by atoms with van der Waals surface area (Å²) in [7, 11) is 0. The highest BCUT2D eigenvalue weighted by Gasteiger charge is 2.62. The number of amides is 5. The second-order valence-electron chi connectivity index (χ2n) is 18.1. The van der Waals surface area contributed by atoms with Crippen LogP contribution in [0.2, 0.25) is 0 Å². The number of likely N-dealkylation sites (tertiary alicyclic amines) is 1. The van der Waals surface area contributed by atoms with Crippen LogP contribution in [0.1, 0.15) is 43.0 Å². The standard InChI is InChI=1S/C25H24F5N3O4.C20H16F5N3O2.C2HF3O2/c1-23(2,3)37-22(36)31-13-24(14-31)21(35)32(19-9-8-17(26)10-18(19)27)12-20(34)33(24)11-15-4-6-16(7-5-15)25(28,29)30;21-14-5-6-16(15(22)7-14)27-9-17(29)28(19(18(27)30)10-26-11-19)8-12-1-3-13(4-2-12)20(23,24)25;3-2(4,5)1(6)7/h4-10H,11-14H2,1-3H3;1-7,26H,8-11H2;(H,6,7). The summed E-state index contributed by atoms with van der Waals surface area (Å²) in [5.74, 6) is -8.78. The molecule has 0 radical (unpaired) electrons. The summed E-state index contributed by atoms with van der Waals surface area (Å²) in [6.07, 6.45) is -14.8. The fraction of sp³-hybridized carbons (Fsp3) is 0.362. The van der Waals surface area contributed by atoms with Gasteiger partial charge in [0.25, 0.3) is 11.8 Å². The normalized spacial score (nSPS) is 17.5. The Hall–Kier alpha value is -7.45. The van der Waals surface area contributed by atoms with E-state index in [0.717, 1.165) is 58.3 Å². The largest absolute Gasteiger partial charge is 0.490 e. The lowest BCUT2D eigenvalue weighted by Crippen LogP contribution is -2.81. The molecule has 2 spiro atoms. The lowest BCUT2D eigenvalue weighted by atomic mass is 9.83. The Bertz CT molecular complexity index is 2810. The van der Waals surface area contributed by atoms with Crippen molar-refractivity contribution in [2.24, 2.45) is 0 Å². The minimum atomic E-state index is -5.08. The van der Waals surface area contributed by atoms with E-state index in [9.17, 15) is 81.0 Å². The monoisotopic (exact) mass is 1060 g/mol. The van der Waals surface area contributed by atoms with Crippen molar-refractivity contribution in [2.45, 2.75) is 69.1 Å². The Morgan fingerprint density at radius 1 is 0.595 bits per heavy atom. The fourth-order valence-electron chi connectivity index (χ4n) is 8.08. The van der Waals surface area contributed by atoms with Crippen LogP contribution in [0.4, 0.5) is 73.2 Å². The molecule has 4 fully saturated rings. The lowest BCUT2D eigenvalue weighted by molar-refractivity contribution is -0.192.